The fraction of sp³-hybridized carbons (Fsp3) is 0.455. The molecular formula is C11H13F3N2. The van der Waals surface area contributed by atoms with Gasteiger partial charge in [-0.25, -0.2) is 0 Å². The van der Waals surface area contributed by atoms with Gasteiger partial charge < -0.3 is 10.6 Å². The number of alkyl halides is 3. The highest BCUT2D eigenvalue weighted by atomic mass is 19.4. The van der Waals surface area contributed by atoms with E-state index in [-0.39, 0.29) is 0 Å². The van der Waals surface area contributed by atoms with Crippen LogP contribution in [0.15, 0.2) is 30.3 Å². The molecule has 0 unspecified atom stereocenters. The van der Waals surface area contributed by atoms with Gasteiger partial charge in [0.05, 0.1) is 6.04 Å². The Balaban J connectivity index is 2.24. The highest BCUT2D eigenvalue weighted by molar-refractivity contribution is 5.22. The van der Waals surface area contributed by atoms with Gasteiger partial charge in [0.15, 0.2) is 0 Å². The van der Waals surface area contributed by atoms with Crippen molar-refractivity contribution < 1.29 is 13.2 Å². The molecule has 0 aromatic heterocycles. The van der Waals surface area contributed by atoms with E-state index in [0.29, 0.717) is 18.7 Å². The Morgan fingerprint density at radius 3 is 2.25 bits per heavy atom. The van der Waals surface area contributed by atoms with Gasteiger partial charge in [-0.3, -0.25) is 0 Å². The Bertz CT molecular complexity index is 337. The molecule has 2 rings (SSSR count). The molecule has 2 N–H and O–H groups in total. The van der Waals surface area contributed by atoms with E-state index >= 15 is 0 Å². The monoisotopic (exact) mass is 230 g/mol. The fourth-order valence-electron chi connectivity index (χ4n) is 1.97. The number of halogens is 3. The number of hydrogen-bond donors (Lipinski definition) is 2. The maximum absolute atomic E-state index is 12.8. The van der Waals surface area contributed by atoms with Gasteiger partial charge in [-0.2, -0.15) is 13.2 Å². The van der Waals surface area contributed by atoms with E-state index in [1.807, 2.05) is 0 Å². The van der Waals surface area contributed by atoms with Gasteiger partial charge in [-0.1, -0.05) is 30.3 Å². The first kappa shape index (κ1) is 11.4. The third-order valence-corrected chi connectivity index (χ3v) is 2.70. The summed E-state index contributed by atoms with van der Waals surface area (Å²) in [4.78, 5) is 0. The zero-order valence-electron chi connectivity index (χ0n) is 8.59. The van der Waals surface area contributed by atoms with Gasteiger partial charge in [0.1, 0.15) is 6.04 Å². The summed E-state index contributed by atoms with van der Waals surface area (Å²) in [5.74, 6) is 0. The second-order valence-electron chi connectivity index (χ2n) is 3.82. The summed E-state index contributed by atoms with van der Waals surface area (Å²) in [5.41, 5.74) is 0.664. The van der Waals surface area contributed by atoms with Crippen LogP contribution in [0.3, 0.4) is 0 Å². The highest BCUT2D eigenvalue weighted by Crippen LogP contribution is 2.31. The molecule has 0 saturated carbocycles. The summed E-state index contributed by atoms with van der Waals surface area (Å²) in [7, 11) is 0. The minimum absolute atomic E-state index is 0.341. The molecule has 0 amide bonds. The number of rotatable bonds is 1. The van der Waals surface area contributed by atoms with Crippen LogP contribution in [-0.4, -0.2) is 25.3 Å². The molecule has 1 saturated heterocycles. The van der Waals surface area contributed by atoms with E-state index in [9.17, 15) is 13.2 Å². The summed E-state index contributed by atoms with van der Waals surface area (Å²) < 4.78 is 38.3. The number of nitrogens with one attached hydrogen (secondary N) is 2. The van der Waals surface area contributed by atoms with E-state index in [1.54, 1.807) is 30.3 Å². The lowest BCUT2D eigenvalue weighted by molar-refractivity contribution is -0.166. The third kappa shape index (κ3) is 2.36. The molecule has 2 atom stereocenters. The molecule has 0 radical (unpaired) electrons. The van der Waals surface area contributed by atoms with E-state index in [4.69, 9.17) is 0 Å². The molecule has 1 aliphatic rings. The smallest absolute Gasteiger partial charge is 0.307 e. The number of benzene rings is 1. The first-order valence-electron chi connectivity index (χ1n) is 5.17. The molecule has 1 heterocycles. The molecule has 0 spiro atoms. The molecule has 0 bridgehead atoms. The predicted molar refractivity (Wildman–Crippen MR) is 55.0 cm³/mol. The molecular weight excluding hydrogens is 217 g/mol. The van der Waals surface area contributed by atoms with E-state index in [1.165, 1.54) is 0 Å². The normalized spacial score (nSPS) is 26.7. The van der Waals surface area contributed by atoms with Crippen molar-refractivity contribution in [3.05, 3.63) is 35.9 Å². The van der Waals surface area contributed by atoms with Crippen LogP contribution < -0.4 is 10.6 Å². The van der Waals surface area contributed by atoms with Gasteiger partial charge in [-0.15, -0.1) is 0 Å². The summed E-state index contributed by atoms with van der Waals surface area (Å²) >= 11 is 0. The summed E-state index contributed by atoms with van der Waals surface area (Å²) in [6, 6.07) is 6.51. The lowest BCUT2D eigenvalue weighted by Gasteiger charge is -2.35. The molecule has 5 heteroatoms. The molecule has 88 valence electrons. The predicted octanol–water partition coefficient (Wildman–Crippen LogP) is 1.85. The molecule has 1 fully saturated rings. The van der Waals surface area contributed by atoms with Crippen LogP contribution in [0, 0.1) is 0 Å². The first-order valence-corrected chi connectivity index (χ1v) is 5.17. The first-order chi connectivity index (χ1) is 7.59. The van der Waals surface area contributed by atoms with E-state index < -0.39 is 18.3 Å². The van der Waals surface area contributed by atoms with Crippen molar-refractivity contribution in [1.82, 2.24) is 10.6 Å². The zero-order valence-corrected chi connectivity index (χ0v) is 8.59. The quantitative estimate of drug-likeness (QED) is 0.769. The second kappa shape index (κ2) is 4.43. The van der Waals surface area contributed by atoms with Crippen molar-refractivity contribution in [1.29, 1.82) is 0 Å². The van der Waals surface area contributed by atoms with Crippen LogP contribution in [0.25, 0.3) is 0 Å². The lowest BCUT2D eigenvalue weighted by atomic mass is 9.97. The van der Waals surface area contributed by atoms with Gasteiger partial charge in [0, 0.05) is 13.1 Å². The van der Waals surface area contributed by atoms with Gasteiger partial charge in [0.2, 0.25) is 0 Å². The molecule has 1 aliphatic heterocycles. The maximum Gasteiger partial charge on any atom is 0.405 e. The van der Waals surface area contributed by atoms with Crippen molar-refractivity contribution in [3.63, 3.8) is 0 Å². The maximum atomic E-state index is 12.8. The van der Waals surface area contributed by atoms with Crippen LogP contribution in [0.5, 0.6) is 0 Å². The minimum Gasteiger partial charge on any atom is -0.307 e. The zero-order chi connectivity index (χ0) is 11.6. The van der Waals surface area contributed by atoms with E-state index in [0.717, 1.165) is 0 Å². The van der Waals surface area contributed by atoms with Crippen molar-refractivity contribution in [3.8, 4) is 0 Å². The Kier molecular flexibility index (Phi) is 3.16. The van der Waals surface area contributed by atoms with Crippen LogP contribution in [0.2, 0.25) is 0 Å². The second-order valence-corrected chi connectivity index (χ2v) is 3.82. The number of piperazine rings is 1. The Labute approximate surface area is 91.8 Å². The van der Waals surface area contributed by atoms with Gasteiger partial charge >= 0.3 is 6.18 Å². The molecule has 0 aliphatic carbocycles. The van der Waals surface area contributed by atoms with Gasteiger partial charge in [-0.05, 0) is 5.56 Å². The Morgan fingerprint density at radius 2 is 1.62 bits per heavy atom. The largest absolute Gasteiger partial charge is 0.405 e. The molecule has 1 aromatic carbocycles. The molecule has 2 nitrogen and oxygen atoms in total. The Hall–Kier alpha value is -1.07. The lowest BCUT2D eigenvalue weighted by Crippen LogP contribution is -2.57. The van der Waals surface area contributed by atoms with Crippen molar-refractivity contribution >= 4 is 0 Å². The average Bonchev–Trinajstić information content (AvgIpc) is 2.29. The SMILES string of the molecule is FC(F)(F)[C@@H]1NCCN[C@H]1c1ccccc1. The van der Waals surface area contributed by atoms with Crippen molar-refractivity contribution in [2.24, 2.45) is 0 Å². The highest BCUT2D eigenvalue weighted by Gasteiger charge is 2.46. The standard InChI is InChI=1S/C11H13F3N2/c12-11(13,14)10-9(15-6-7-16-10)8-4-2-1-3-5-8/h1-5,9-10,15-16H,6-7H2/t9-,10+/m0/s1. The van der Waals surface area contributed by atoms with Crippen molar-refractivity contribution in [2.75, 3.05) is 13.1 Å². The third-order valence-electron chi connectivity index (χ3n) is 2.70. The molecule has 1 aromatic rings. The van der Waals surface area contributed by atoms with Crippen molar-refractivity contribution in [2.45, 2.75) is 18.3 Å². The summed E-state index contributed by atoms with van der Waals surface area (Å²) in [6.07, 6.45) is -4.23. The summed E-state index contributed by atoms with van der Waals surface area (Å²) in [6.45, 7) is 0.889. The van der Waals surface area contributed by atoms with E-state index in [2.05, 4.69) is 10.6 Å². The minimum atomic E-state index is -4.23. The number of hydrogen-bond acceptors (Lipinski definition) is 2. The average molecular weight is 230 g/mol. The van der Waals surface area contributed by atoms with Crippen LogP contribution in [0.1, 0.15) is 11.6 Å². The fourth-order valence-corrected chi connectivity index (χ4v) is 1.97. The topological polar surface area (TPSA) is 24.1 Å². The molecule has 16 heavy (non-hydrogen) atoms. The van der Waals surface area contributed by atoms with Crippen LogP contribution in [0.4, 0.5) is 13.2 Å². The van der Waals surface area contributed by atoms with Crippen LogP contribution in [-0.2, 0) is 0 Å². The van der Waals surface area contributed by atoms with Crippen LogP contribution >= 0.6 is 0 Å². The van der Waals surface area contributed by atoms with Gasteiger partial charge in [0.25, 0.3) is 0 Å². The summed E-state index contributed by atoms with van der Waals surface area (Å²) in [5, 5.41) is 5.43. The Morgan fingerprint density at radius 1 is 1.00 bits per heavy atom.